The Hall–Kier alpha value is -2.73. The third-order valence-corrected chi connectivity index (χ3v) is 4.01. The highest BCUT2D eigenvalue weighted by Gasteiger charge is 2.37. The summed E-state index contributed by atoms with van der Waals surface area (Å²) in [4.78, 5) is 19.8. The van der Waals surface area contributed by atoms with Crippen molar-refractivity contribution in [2.24, 2.45) is 10.2 Å². The van der Waals surface area contributed by atoms with Crippen LogP contribution in [0, 0.1) is 0 Å². The molecule has 1 aliphatic rings. The van der Waals surface area contributed by atoms with Gasteiger partial charge in [0.2, 0.25) is 0 Å². The summed E-state index contributed by atoms with van der Waals surface area (Å²) in [5.41, 5.74) is 18.0. The van der Waals surface area contributed by atoms with Gasteiger partial charge in [0.25, 0.3) is 5.91 Å². The maximum absolute atomic E-state index is 12.8. The molecule has 1 aromatic carbocycles. The third-order valence-electron chi connectivity index (χ3n) is 4.01. The van der Waals surface area contributed by atoms with Crippen molar-refractivity contribution >= 4 is 11.6 Å². The van der Waals surface area contributed by atoms with Crippen LogP contribution in [0.3, 0.4) is 0 Å². The second kappa shape index (κ2) is 7.02. The molecular weight excluding hydrogens is 298 g/mol. The van der Waals surface area contributed by atoms with Crippen LogP contribution in [0.5, 0.6) is 0 Å². The van der Waals surface area contributed by atoms with Gasteiger partial charge in [-0.1, -0.05) is 10.2 Å². The van der Waals surface area contributed by atoms with Crippen molar-refractivity contribution in [2.45, 2.75) is 25.4 Å². The van der Waals surface area contributed by atoms with Gasteiger partial charge in [-0.3, -0.25) is 4.79 Å². The van der Waals surface area contributed by atoms with E-state index in [1.54, 1.807) is 24.1 Å². The topological polar surface area (TPSA) is 127 Å². The third kappa shape index (κ3) is 3.73. The van der Waals surface area contributed by atoms with Crippen LogP contribution < -0.4 is 0 Å². The summed E-state index contributed by atoms with van der Waals surface area (Å²) in [6.45, 7) is 3.15. The van der Waals surface area contributed by atoms with Crippen molar-refractivity contribution in [3.05, 3.63) is 50.2 Å². The first-order valence-corrected chi connectivity index (χ1v) is 7.06. The lowest BCUT2D eigenvalue weighted by Crippen LogP contribution is -2.47. The molecule has 1 heterocycles. The first kappa shape index (κ1) is 16.6. The lowest BCUT2D eigenvalue weighted by molar-refractivity contribution is 0.0551. The molecule has 0 aliphatic carbocycles. The van der Waals surface area contributed by atoms with Crippen molar-refractivity contribution in [3.63, 3.8) is 0 Å². The monoisotopic (exact) mass is 315 g/mol. The molecule has 1 unspecified atom stereocenters. The molecule has 0 N–H and O–H groups in total. The second-order valence-corrected chi connectivity index (χ2v) is 5.63. The summed E-state index contributed by atoms with van der Waals surface area (Å²) < 4.78 is 5.39. The van der Waals surface area contributed by atoms with Gasteiger partial charge in [0.1, 0.15) is 0 Å². The Morgan fingerprint density at radius 3 is 2.78 bits per heavy atom. The molecule has 1 aliphatic heterocycles. The van der Waals surface area contributed by atoms with E-state index in [0.29, 0.717) is 30.0 Å². The molecular formula is C14H17N7O2. The summed E-state index contributed by atoms with van der Waals surface area (Å²) in [7, 11) is 1.73. The highest BCUT2D eigenvalue weighted by atomic mass is 16.5. The van der Waals surface area contributed by atoms with Crippen molar-refractivity contribution in [1.82, 2.24) is 4.90 Å². The Kier molecular flexibility index (Phi) is 5.08. The van der Waals surface area contributed by atoms with E-state index in [9.17, 15) is 4.79 Å². The molecule has 2 rings (SSSR count). The largest absolute Gasteiger partial charge is 0.379 e. The standard InChI is InChI=1S/C14H17N7O2/c1-14(3-4-23-9-14)21(2)13(22)11-5-10(8-17-19-15)6-12(7-11)18-20-16/h5-7H,3-4,8-9H2,1-2H3. The van der Waals surface area contributed by atoms with Crippen LogP contribution >= 0.6 is 0 Å². The van der Waals surface area contributed by atoms with Gasteiger partial charge in [-0.25, -0.2) is 0 Å². The molecule has 1 amide bonds. The Labute approximate surface area is 133 Å². The minimum absolute atomic E-state index is 0.0790. The molecule has 1 saturated heterocycles. The fourth-order valence-corrected chi connectivity index (χ4v) is 2.47. The van der Waals surface area contributed by atoms with Gasteiger partial charge in [0.15, 0.2) is 0 Å². The maximum atomic E-state index is 12.8. The minimum atomic E-state index is -0.365. The predicted molar refractivity (Wildman–Crippen MR) is 84.0 cm³/mol. The van der Waals surface area contributed by atoms with Crippen molar-refractivity contribution in [3.8, 4) is 0 Å². The Balaban J connectivity index is 2.36. The van der Waals surface area contributed by atoms with Crippen LogP contribution in [0.1, 0.15) is 29.3 Å². The summed E-state index contributed by atoms with van der Waals surface area (Å²) in [6, 6.07) is 4.76. The van der Waals surface area contributed by atoms with Crippen LogP contribution in [0.15, 0.2) is 28.4 Å². The molecule has 23 heavy (non-hydrogen) atoms. The van der Waals surface area contributed by atoms with Gasteiger partial charge in [-0.15, -0.1) is 0 Å². The lowest BCUT2D eigenvalue weighted by atomic mass is 9.98. The van der Waals surface area contributed by atoms with E-state index in [4.69, 9.17) is 15.8 Å². The molecule has 0 spiro atoms. The maximum Gasteiger partial charge on any atom is 0.254 e. The summed E-state index contributed by atoms with van der Waals surface area (Å²) in [5.74, 6) is -0.199. The summed E-state index contributed by atoms with van der Waals surface area (Å²) in [5, 5.41) is 7.02. The van der Waals surface area contributed by atoms with Crippen LogP contribution in [0.25, 0.3) is 20.9 Å². The van der Waals surface area contributed by atoms with Crippen molar-refractivity contribution in [2.75, 3.05) is 20.3 Å². The zero-order chi connectivity index (χ0) is 16.9. The van der Waals surface area contributed by atoms with E-state index in [2.05, 4.69) is 20.1 Å². The number of likely N-dealkylation sites (N-methyl/N-ethyl adjacent to an activating group) is 1. The Morgan fingerprint density at radius 1 is 1.39 bits per heavy atom. The molecule has 9 nitrogen and oxygen atoms in total. The van der Waals surface area contributed by atoms with E-state index >= 15 is 0 Å². The summed E-state index contributed by atoms with van der Waals surface area (Å²) in [6.07, 6.45) is 0.761. The van der Waals surface area contributed by atoms with Crippen LogP contribution in [0.4, 0.5) is 5.69 Å². The van der Waals surface area contributed by atoms with Crippen LogP contribution in [-0.4, -0.2) is 36.6 Å². The highest BCUT2D eigenvalue weighted by Crippen LogP contribution is 2.27. The first-order chi connectivity index (χ1) is 11.0. The van der Waals surface area contributed by atoms with E-state index in [1.807, 2.05) is 6.92 Å². The normalized spacial score (nSPS) is 19.6. The fourth-order valence-electron chi connectivity index (χ4n) is 2.47. The van der Waals surface area contributed by atoms with E-state index in [0.717, 1.165) is 6.42 Å². The number of hydrogen-bond donors (Lipinski definition) is 0. The van der Waals surface area contributed by atoms with Gasteiger partial charge in [0, 0.05) is 34.7 Å². The molecule has 1 aromatic rings. The second-order valence-electron chi connectivity index (χ2n) is 5.63. The number of ether oxygens (including phenoxy) is 1. The number of rotatable bonds is 5. The van der Waals surface area contributed by atoms with E-state index in [1.165, 1.54) is 6.07 Å². The molecule has 0 aromatic heterocycles. The van der Waals surface area contributed by atoms with Gasteiger partial charge >= 0.3 is 0 Å². The number of benzene rings is 1. The van der Waals surface area contributed by atoms with Gasteiger partial charge in [-0.2, -0.15) is 0 Å². The van der Waals surface area contributed by atoms with Gasteiger partial charge in [0.05, 0.1) is 18.7 Å². The number of azide groups is 2. The molecule has 1 atom stereocenters. The molecule has 1 fully saturated rings. The molecule has 9 heteroatoms. The minimum Gasteiger partial charge on any atom is -0.379 e. The number of carbonyl (C=O) groups is 1. The predicted octanol–water partition coefficient (Wildman–Crippen LogP) is 3.69. The van der Waals surface area contributed by atoms with Gasteiger partial charge in [-0.05, 0) is 48.2 Å². The number of carbonyl (C=O) groups excluding carboxylic acids is 1. The Morgan fingerprint density at radius 2 is 2.17 bits per heavy atom. The average molecular weight is 315 g/mol. The van der Waals surface area contributed by atoms with Gasteiger partial charge < -0.3 is 9.64 Å². The number of hydrogen-bond acceptors (Lipinski definition) is 4. The van der Waals surface area contributed by atoms with Crippen LogP contribution in [-0.2, 0) is 11.3 Å². The zero-order valence-electron chi connectivity index (χ0n) is 13.0. The Bertz CT molecular complexity index is 699. The smallest absolute Gasteiger partial charge is 0.254 e. The molecule has 0 bridgehead atoms. The SMILES string of the molecule is CN(C(=O)c1cc(CN=[N+]=[N-])cc(N=[N+]=[N-])c1)C1(C)CCOC1. The van der Waals surface area contributed by atoms with E-state index in [-0.39, 0.29) is 18.0 Å². The number of nitrogens with zero attached hydrogens (tertiary/aromatic N) is 7. The lowest BCUT2D eigenvalue weighted by Gasteiger charge is -2.34. The first-order valence-electron chi connectivity index (χ1n) is 7.06. The quantitative estimate of drug-likeness (QED) is 0.466. The highest BCUT2D eigenvalue weighted by molar-refractivity contribution is 5.95. The van der Waals surface area contributed by atoms with Crippen molar-refractivity contribution in [1.29, 1.82) is 0 Å². The molecule has 0 saturated carbocycles. The molecule has 120 valence electrons. The molecule has 0 radical (unpaired) electrons. The van der Waals surface area contributed by atoms with E-state index < -0.39 is 0 Å². The van der Waals surface area contributed by atoms with Crippen molar-refractivity contribution < 1.29 is 9.53 Å². The zero-order valence-corrected chi connectivity index (χ0v) is 13.0. The number of amides is 1. The van der Waals surface area contributed by atoms with Crippen LogP contribution in [0.2, 0.25) is 0 Å². The average Bonchev–Trinajstić information content (AvgIpc) is 2.99. The fraction of sp³-hybridized carbons (Fsp3) is 0.500. The summed E-state index contributed by atoms with van der Waals surface area (Å²) >= 11 is 0.